The molecule has 2 aromatic rings. The van der Waals surface area contributed by atoms with E-state index < -0.39 is 0 Å². The average Bonchev–Trinajstić information content (AvgIpc) is 2.77. The largest absolute Gasteiger partial charge is 0.322 e. The monoisotopic (exact) mass is 390 g/mol. The summed E-state index contributed by atoms with van der Waals surface area (Å²) in [5.41, 5.74) is 2.33. The summed E-state index contributed by atoms with van der Waals surface area (Å²) >= 11 is 0. The molecule has 5 nitrogen and oxygen atoms in total. The fourth-order valence-electron chi connectivity index (χ4n) is 3.84. The van der Waals surface area contributed by atoms with E-state index in [2.05, 4.69) is 35.3 Å². The number of hydrogen-bond acceptors (Lipinski definition) is 3. The lowest BCUT2D eigenvalue weighted by atomic mass is 10.0. The van der Waals surface area contributed by atoms with Crippen LogP contribution < -0.4 is 5.32 Å². The van der Waals surface area contributed by atoms with E-state index in [-0.39, 0.29) is 12.1 Å². The molecule has 152 valence electrons. The first-order valence-electron chi connectivity index (χ1n) is 10.5. The Morgan fingerprint density at radius 1 is 1.17 bits per heavy atom. The van der Waals surface area contributed by atoms with Crippen LogP contribution in [0.3, 0.4) is 0 Å². The van der Waals surface area contributed by atoms with Gasteiger partial charge >= 0.3 is 6.03 Å². The Hall–Kier alpha value is -2.84. The normalized spacial score (nSPS) is 14.9. The third-order valence-electron chi connectivity index (χ3n) is 5.53. The topological polar surface area (TPSA) is 59.4 Å². The summed E-state index contributed by atoms with van der Waals surface area (Å²) in [6.45, 7) is 6.03. The summed E-state index contributed by atoms with van der Waals surface area (Å²) in [7, 11) is 0. The molecule has 1 aliphatic rings. The SMILES string of the molecule is CCCCN1CCC(N(Cc2ccccc2)C(=O)Nc2cccc(C#N)c2)CC1. The molecular formula is C24H30N4O. The van der Waals surface area contributed by atoms with Crippen LogP contribution in [-0.2, 0) is 6.54 Å². The number of rotatable bonds is 7. The van der Waals surface area contributed by atoms with Crippen molar-refractivity contribution in [2.24, 2.45) is 0 Å². The highest BCUT2D eigenvalue weighted by atomic mass is 16.2. The van der Waals surface area contributed by atoms with Gasteiger partial charge in [-0.25, -0.2) is 4.79 Å². The minimum absolute atomic E-state index is 0.101. The number of piperidine rings is 1. The number of urea groups is 1. The van der Waals surface area contributed by atoms with Crippen molar-refractivity contribution in [3.8, 4) is 6.07 Å². The van der Waals surface area contributed by atoms with E-state index in [9.17, 15) is 4.79 Å². The first-order valence-corrected chi connectivity index (χ1v) is 10.5. The van der Waals surface area contributed by atoms with Crippen molar-refractivity contribution >= 4 is 11.7 Å². The van der Waals surface area contributed by atoms with Crippen molar-refractivity contribution in [1.29, 1.82) is 5.26 Å². The third kappa shape index (κ3) is 6.07. The van der Waals surface area contributed by atoms with Crippen molar-refractivity contribution in [3.63, 3.8) is 0 Å². The van der Waals surface area contributed by atoms with Crippen LogP contribution in [0.2, 0.25) is 0 Å². The number of likely N-dealkylation sites (tertiary alicyclic amines) is 1. The van der Waals surface area contributed by atoms with E-state index in [1.54, 1.807) is 18.2 Å². The van der Waals surface area contributed by atoms with E-state index in [1.165, 1.54) is 12.8 Å². The van der Waals surface area contributed by atoms with Gasteiger partial charge in [0.15, 0.2) is 0 Å². The standard InChI is InChI=1S/C24H30N4O/c1-2-3-14-27-15-12-23(13-16-27)28(19-20-8-5-4-6-9-20)24(29)26-22-11-7-10-21(17-22)18-25/h4-11,17,23H,2-3,12-16,19H2,1H3,(H,26,29). The molecule has 1 saturated heterocycles. The molecule has 0 atom stereocenters. The minimum Gasteiger partial charge on any atom is -0.317 e. The molecule has 29 heavy (non-hydrogen) atoms. The smallest absolute Gasteiger partial charge is 0.317 e. The summed E-state index contributed by atoms with van der Waals surface area (Å²) in [5.74, 6) is 0. The Kier molecular flexibility index (Phi) is 7.66. The molecule has 2 aromatic carbocycles. The van der Waals surface area contributed by atoms with Gasteiger partial charge in [-0.1, -0.05) is 49.7 Å². The van der Waals surface area contributed by atoms with Gasteiger partial charge in [-0.05, 0) is 49.6 Å². The second kappa shape index (κ2) is 10.6. The molecule has 0 unspecified atom stereocenters. The van der Waals surface area contributed by atoms with E-state index in [0.717, 1.165) is 38.0 Å². The summed E-state index contributed by atoms with van der Waals surface area (Å²) in [5, 5.41) is 12.1. The highest BCUT2D eigenvalue weighted by molar-refractivity contribution is 5.89. The fraction of sp³-hybridized carbons (Fsp3) is 0.417. The maximum Gasteiger partial charge on any atom is 0.322 e. The van der Waals surface area contributed by atoms with Gasteiger partial charge < -0.3 is 15.1 Å². The van der Waals surface area contributed by atoms with E-state index >= 15 is 0 Å². The Labute approximate surface area is 173 Å². The number of anilines is 1. The Morgan fingerprint density at radius 2 is 1.93 bits per heavy atom. The number of carbonyl (C=O) groups is 1. The van der Waals surface area contributed by atoms with Crippen LogP contribution >= 0.6 is 0 Å². The molecule has 2 amide bonds. The first kappa shape index (κ1) is 20.9. The maximum absolute atomic E-state index is 13.2. The Bertz CT molecular complexity index is 822. The van der Waals surface area contributed by atoms with Crippen LogP contribution in [-0.4, -0.2) is 41.5 Å². The summed E-state index contributed by atoms with van der Waals surface area (Å²) in [6, 6.07) is 19.4. The number of nitrogens with one attached hydrogen (secondary N) is 1. The lowest BCUT2D eigenvalue weighted by Crippen LogP contribution is -2.48. The quantitative estimate of drug-likeness (QED) is 0.735. The van der Waals surface area contributed by atoms with Crippen LogP contribution in [0.25, 0.3) is 0 Å². The highest BCUT2D eigenvalue weighted by Crippen LogP contribution is 2.21. The average molecular weight is 391 g/mol. The Morgan fingerprint density at radius 3 is 2.62 bits per heavy atom. The molecule has 1 fully saturated rings. The number of hydrogen-bond donors (Lipinski definition) is 1. The first-order chi connectivity index (χ1) is 14.2. The molecule has 5 heteroatoms. The number of amides is 2. The molecule has 1 heterocycles. The number of unbranched alkanes of at least 4 members (excludes halogenated alkanes) is 1. The lowest BCUT2D eigenvalue weighted by Gasteiger charge is -2.38. The van der Waals surface area contributed by atoms with E-state index in [0.29, 0.717) is 17.8 Å². The van der Waals surface area contributed by atoms with Crippen molar-refractivity contribution < 1.29 is 4.79 Å². The van der Waals surface area contributed by atoms with Crippen molar-refractivity contribution in [2.75, 3.05) is 25.0 Å². The molecule has 0 spiro atoms. The number of nitriles is 1. The van der Waals surface area contributed by atoms with Gasteiger partial charge in [-0.3, -0.25) is 0 Å². The van der Waals surface area contributed by atoms with Gasteiger partial charge in [0.1, 0.15) is 0 Å². The predicted molar refractivity (Wildman–Crippen MR) is 117 cm³/mol. The van der Waals surface area contributed by atoms with Crippen molar-refractivity contribution in [1.82, 2.24) is 9.80 Å². The molecular weight excluding hydrogens is 360 g/mol. The van der Waals surface area contributed by atoms with Crippen LogP contribution in [0.1, 0.15) is 43.7 Å². The zero-order valence-electron chi connectivity index (χ0n) is 17.2. The lowest BCUT2D eigenvalue weighted by molar-refractivity contribution is 0.122. The molecule has 0 aromatic heterocycles. The van der Waals surface area contributed by atoms with E-state index in [1.807, 2.05) is 29.2 Å². The zero-order chi connectivity index (χ0) is 20.5. The summed E-state index contributed by atoms with van der Waals surface area (Å²) in [6.07, 6.45) is 4.42. The fourth-order valence-corrected chi connectivity index (χ4v) is 3.84. The summed E-state index contributed by atoms with van der Waals surface area (Å²) < 4.78 is 0. The third-order valence-corrected chi connectivity index (χ3v) is 5.53. The van der Waals surface area contributed by atoms with Gasteiger partial charge in [-0.2, -0.15) is 5.26 Å². The Balaban J connectivity index is 1.71. The number of nitrogens with zero attached hydrogens (tertiary/aromatic N) is 3. The van der Waals surface area contributed by atoms with Crippen molar-refractivity contribution in [3.05, 3.63) is 65.7 Å². The molecule has 0 aliphatic carbocycles. The minimum atomic E-state index is -0.101. The van der Waals surface area contributed by atoms with Gasteiger partial charge in [0.05, 0.1) is 11.6 Å². The highest BCUT2D eigenvalue weighted by Gasteiger charge is 2.28. The van der Waals surface area contributed by atoms with Gasteiger partial charge in [0.2, 0.25) is 0 Å². The number of benzene rings is 2. The molecule has 0 bridgehead atoms. The van der Waals surface area contributed by atoms with Crippen molar-refractivity contribution in [2.45, 2.75) is 45.2 Å². The van der Waals surface area contributed by atoms with E-state index in [4.69, 9.17) is 5.26 Å². The van der Waals surface area contributed by atoms with Crippen LogP contribution in [0.15, 0.2) is 54.6 Å². The second-order valence-corrected chi connectivity index (χ2v) is 7.66. The number of carbonyl (C=O) groups excluding carboxylic acids is 1. The zero-order valence-corrected chi connectivity index (χ0v) is 17.2. The van der Waals surface area contributed by atoms with Gasteiger partial charge in [0, 0.05) is 31.4 Å². The molecule has 1 aliphatic heterocycles. The predicted octanol–water partition coefficient (Wildman–Crippen LogP) is 4.86. The van der Waals surface area contributed by atoms with Gasteiger partial charge in [0.25, 0.3) is 0 Å². The van der Waals surface area contributed by atoms with Crippen LogP contribution in [0.4, 0.5) is 10.5 Å². The molecule has 0 radical (unpaired) electrons. The molecule has 0 saturated carbocycles. The maximum atomic E-state index is 13.2. The second-order valence-electron chi connectivity index (χ2n) is 7.66. The van der Waals surface area contributed by atoms with Crippen LogP contribution in [0, 0.1) is 11.3 Å². The van der Waals surface area contributed by atoms with Crippen LogP contribution in [0.5, 0.6) is 0 Å². The molecule has 3 rings (SSSR count). The molecule has 1 N–H and O–H groups in total. The van der Waals surface area contributed by atoms with Gasteiger partial charge in [-0.15, -0.1) is 0 Å². The summed E-state index contributed by atoms with van der Waals surface area (Å²) in [4.78, 5) is 17.7.